The quantitative estimate of drug-likeness (QED) is 0.290. The fourth-order valence-corrected chi connectivity index (χ4v) is 6.40. The zero-order valence-corrected chi connectivity index (χ0v) is 20.7. The molecule has 1 aromatic heterocycles. The number of aryl methyl sites for hydroxylation is 1. The number of ether oxygens (including phenoxy) is 1. The largest absolute Gasteiger partial charge is 0.497 e. The van der Waals surface area contributed by atoms with Crippen LogP contribution in [0, 0.1) is 6.92 Å². The van der Waals surface area contributed by atoms with Crippen LogP contribution in [0.4, 0.5) is 16.4 Å². The Morgan fingerprint density at radius 2 is 1.71 bits per heavy atom. The third-order valence-electron chi connectivity index (χ3n) is 5.14. The molecule has 0 unspecified atom stereocenters. The Labute approximate surface area is 206 Å². The molecule has 3 N–H and O–H groups in total. The summed E-state index contributed by atoms with van der Waals surface area (Å²) in [6.45, 7) is 1.95. The number of sulfone groups is 1. The van der Waals surface area contributed by atoms with Crippen molar-refractivity contribution in [2.75, 3.05) is 18.2 Å². The summed E-state index contributed by atoms with van der Waals surface area (Å²) in [5.41, 5.74) is 8.31. The number of hydrogen-bond donors (Lipinski definition) is 2. The summed E-state index contributed by atoms with van der Waals surface area (Å²) in [6, 6.07) is 19.9. The molecule has 34 heavy (non-hydrogen) atoms. The van der Waals surface area contributed by atoms with E-state index in [-0.39, 0.29) is 25.4 Å². The molecule has 174 valence electrons. The third kappa shape index (κ3) is 4.65. The summed E-state index contributed by atoms with van der Waals surface area (Å²) < 4.78 is 32.4. The van der Waals surface area contributed by atoms with E-state index in [0.29, 0.717) is 22.0 Å². The molecule has 0 fully saturated rings. The van der Waals surface area contributed by atoms with E-state index in [9.17, 15) is 13.2 Å². The number of nitrogens with two attached hydrogens (primary N) is 1. The van der Waals surface area contributed by atoms with Crippen LogP contribution in [-0.2, 0) is 9.84 Å². The van der Waals surface area contributed by atoms with Gasteiger partial charge in [0.25, 0.3) is 0 Å². The van der Waals surface area contributed by atoms with Gasteiger partial charge in [-0.1, -0.05) is 41.4 Å². The minimum atomic E-state index is -4.07. The number of benzene rings is 3. The number of carbonyl (C=O) groups excluding carboxylic acids is 1. The maximum absolute atomic E-state index is 13.6. The molecule has 0 aliphatic rings. The topological polar surface area (TPSA) is 98.5 Å². The van der Waals surface area contributed by atoms with Crippen LogP contribution in [0.1, 0.15) is 20.8 Å². The summed E-state index contributed by atoms with van der Waals surface area (Å²) in [6.07, 6.45) is 0. The van der Waals surface area contributed by atoms with Gasteiger partial charge in [0.15, 0.2) is 0 Å². The van der Waals surface area contributed by atoms with E-state index in [1.807, 2.05) is 31.2 Å². The fraction of sp³-hybridized carbons (Fsp3) is 0.0800. The lowest BCUT2D eigenvalue weighted by Gasteiger charge is -2.10. The molecule has 4 aromatic rings. The highest BCUT2D eigenvalue weighted by molar-refractivity contribution is 7.92. The number of ketones is 1. The molecule has 0 saturated carbocycles. The molecule has 0 spiro atoms. The van der Waals surface area contributed by atoms with Crippen molar-refractivity contribution in [3.05, 3.63) is 93.8 Å². The molecular formula is C25H21ClN2O4S2. The van der Waals surface area contributed by atoms with Gasteiger partial charge in [0.2, 0.25) is 15.6 Å². The molecule has 6 nitrogen and oxygen atoms in total. The number of rotatable bonds is 7. The molecule has 4 rings (SSSR count). The van der Waals surface area contributed by atoms with Crippen molar-refractivity contribution in [1.82, 2.24) is 0 Å². The number of methoxy groups -OCH3 is 1. The molecule has 1 heterocycles. The SMILES string of the molecule is COc1cccc(C(=O)c2sc(Nc3ccc(C)cc3)c(S(=O)(=O)c3ccc(Cl)cc3)c2N)c1. The zero-order valence-electron chi connectivity index (χ0n) is 18.3. The molecule has 0 saturated heterocycles. The smallest absolute Gasteiger partial charge is 0.211 e. The fourth-order valence-electron chi connectivity index (χ4n) is 3.34. The maximum atomic E-state index is 13.6. The maximum Gasteiger partial charge on any atom is 0.211 e. The first-order valence-corrected chi connectivity index (χ1v) is 12.8. The molecule has 0 aliphatic heterocycles. The molecule has 9 heteroatoms. The van der Waals surface area contributed by atoms with Crippen LogP contribution in [0.15, 0.2) is 82.6 Å². The average molecular weight is 513 g/mol. The van der Waals surface area contributed by atoms with Crippen LogP contribution < -0.4 is 15.8 Å². The second-order valence-electron chi connectivity index (χ2n) is 7.51. The Balaban J connectivity index is 1.87. The van der Waals surface area contributed by atoms with E-state index >= 15 is 0 Å². The van der Waals surface area contributed by atoms with Crippen molar-refractivity contribution in [3.63, 3.8) is 0 Å². The van der Waals surface area contributed by atoms with Crippen molar-refractivity contribution in [1.29, 1.82) is 0 Å². The third-order valence-corrected chi connectivity index (χ3v) is 8.50. The molecular weight excluding hydrogens is 492 g/mol. The van der Waals surface area contributed by atoms with Gasteiger partial charge in [0, 0.05) is 16.3 Å². The second-order valence-corrected chi connectivity index (χ2v) is 10.9. The first-order valence-electron chi connectivity index (χ1n) is 10.2. The lowest BCUT2D eigenvalue weighted by Crippen LogP contribution is -2.08. The van der Waals surface area contributed by atoms with Gasteiger partial charge in [-0.3, -0.25) is 4.79 Å². The first kappa shape index (κ1) is 23.8. The number of nitrogen functional groups attached to an aromatic ring is 1. The van der Waals surface area contributed by atoms with Crippen molar-refractivity contribution in [2.45, 2.75) is 16.7 Å². The number of hydrogen-bond acceptors (Lipinski definition) is 7. The van der Waals surface area contributed by atoms with Gasteiger partial charge in [0.1, 0.15) is 20.5 Å². The minimum Gasteiger partial charge on any atom is -0.497 e. The highest BCUT2D eigenvalue weighted by atomic mass is 35.5. The monoisotopic (exact) mass is 512 g/mol. The summed E-state index contributed by atoms with van der Waals surface area (Å²) in [7, 11) is -2.56. The Kier molecular flexibility index (Phi) is 6.65. The standard InChI is InChI=1S/C25H21ClN2O4S2/c1-15-6-10-18(11-7-15)28-25-24(34(30,31)20-12-8-17(26)9-13-20)21(27)23(33-25)22(29)16-4-3-5-19(14-16)32-2/h3-14,28H,27H2,1-2H3. The minimum absolute atomic E-state index is 0.0220. The molecule has 0 atom stereocenters. The van der Waals surface area contributed by atoms with Crippen LogP contribution >= 0.6 is 22.9 Å². The van der Waals surface area contributed by atoms with Crippen LogP contribution in [0.3, 0.4) is 0 Å². The normalized spacial score (nSPS) is 11.3. The van der Waals surface area contributed by atoms with Crippen molar-refractivity contribution in [3.8, 4) is 5.75 Å². The van der Waals surface area contributed by atoms with Crippen LogP contribution in [0.2, 0.25) is 5.02 Å². The predicted octanol–water partition coefficient (Wildman–Crippen LogP) is 6.11. The summed E-state index contributed by atoms with van der Waals surface area (Å²) in [5.74, 6) is 0.110. The van der Waals surface area contributed by atoms with Gasteiger partial charge < -0.3 is 15.8 Å². The Bertz CT molecular complexity index is 1460. The van der Waals surface area contributed by atoms with E-state index in [0.717, 1.165) is 16.9 Å². The van der Waals surface area contributed by atoms with Crippen LogP contribution in [-0.4, -0.2) is 21.3 Å². The number of thiophene rings is 1. The highest BCUT2D eigenvalue weighted by Gasteiger charge is 2.31. The number of carbonyl (C=O) groups is 1. The van der Waals surface area contributed by atoms with Crippen LogP contribution in [0.5, 0.6) is 5.75 Å². The van der Waals surface area contributed by atoms with Gasteiger partial charge in [-0.15, -0.1) is 11.3 Å². The Hall–Kier alpha value is -3.33. The van der Waals surface area contributed by atoms with Gasteiger partial charge in [-0.2, -0.15) is 0 Å². The van der Waals surface area contributed by atoms with Crippen molar-refractivity contribution < 1.29 is 17.9 Å². The van der Waals surface area contributed by atoms with Crippen LogP contribution in [0.25, 0.3) is 0 Å². The number of anilines is 3. The van der Waals surface area contributed by atoms with E-state index in [2.05, 4.69) is 5.32 Å². The molecule has 0 radical (unpaired) electrons. The molecule has 0 amide bonds. The lowest BCUT2D eigenvalue weighted by atomic mass is 10.1. The molecule has 0 bridgehead atoms. The highest BCUT2D eigenvalue weighted by Crippen LogP contribution is 2.44. The van der Waals surface area contributed by atoms with E-state index in [1.54, 1.807) is 24.3 Å². The van der Waals surface area contributed by atoms with E-state index in [1.165, 1.54) is 31.4 Å². The van der Waals surface area contributed by atoms with E-state index < -0.39 is 15.6 Å². The molecule has 3 aromatic carbocycles. The second kappa shape index (κ2) is 9.50. The summed E-state index contributed by atoms with van der Waals surface area (Å²) in [4.78, 5) is 13.3. The van der Waals surface area contributed by atoms with Gasteiger partial charge in [-0.25, -0.2) is 8.42 Å². The average Bonchev–Trinajstić information content (AvgIpc) is 3.16. The Morgan fingerprint density at radius 3 is 2.35 bits per heavy atom. The summed E-state index contributed by atoms with van der Waals surface area (Å²) >= 11 is 6.94. The Morgan fingerprint density at radius 1 is 1.03 bits per heavy atom. The summed E-state index contributed by atoms with van der Waals surface area (Å²) in [5, 5.41) is 3.79. The van der Waals surface area contributed by atoms with Gasteiger partial charge in [0.05, 0.1) is 17.7 Å². The van der Waals surface area contributed by atoms with Crippen molar-refractivity contribution >= 4 is 54.9 Å². The number of halogens is 1. The van der Waals surface area contributed by atoms with Gasteiger partial charge >= 0.3 is 0 Å². The zero-order chi connectivity index (χ0) is 24.5. The van der Waals surface area contributed by atoms with Gasteiger partial charge in [-0.05, 0) is 55.5 Å². The molecule has 0 aliphatic carbocycles. The van der Waals surface area contributed by atoms with E-state index in [4.69, 9.17) is 22.1 Å². The first-order chi connectivity index (χ1) is 16.2. The number of nitrogens with one attached hydrogen (secondary N) is 1. The van der Waals surface area contributed by atoms with Crippen molar-refractivity contribution in [2.24, 2.45) is 0 Å². The predicted molar refractivity (Wildman–Crippen MR) is 137 cm³/mol. The lowest BCUT2D eigenvalue weighted by molar-refractivity contribution is 0.104.